The van der Waals surface area contributed by atoms with Gasteiger partial charge in [-0.15, -0.1) is 0 Å². The Labute approximate surface area is 109 Å². The van der Waals surface area contributed by atoms with E-state index in [1.807, 2.05) is 0 Å². The average molecular weight is 260 g/mol. The van der Waals surface area contributed by atoms with Gasteiger partial charge in [-0.05, 0) is 19.3 Å². The van der Waals surface area contributed by atoms with E-state index in [4.69, 9.17) is 10.00 Å². The first kappa shape index (κ1) is 11.7. The van der Waals surface area contributed by atoms with Crippen molar-refractivity contribution in [1.82, 2.24) is 4.98 Å². The fraction of sp³-hybridized carbons (Fsp3) is 0.500. The van der Waals surface area contributed by atoms with Crippen LogP contribution in [-0.4, -0.2) is 29.1 Å². The fourth-order valence-corrected chi connectivity index (χ4v) is 2.65. The Morgan fingerprint density at radius 3 is 3.16 bits per heavy atom. The SMILES string of the molecule is N#Cc1nc2c(cc1[N+](=O)[O-])OC[C@@H]1CCCCN21. The average Bonchev–Trinajstić information content (AvgIpc) is 2.45. The summed E-state index contributed by atoms with van der Waals surface area (Å²) < 4.78 is 5.57. The quantitative estimate of drug-likeness (QED) is 0.562. The van der Waals surface area contributed by atoms with Crippen molar-refractivity contribution in [3.8, 4) is 11.8 Å². The lowest BCUT2D eigenvalue weighted by Gasteiger charge is -2.40. The molecule has 0 aliphatic carbocycles. The number of hydrogen-bond donors (Lipinski definition) is 0. The zero-order valence-corrected chi connectivity index (χ0v) is 10.2. The molecule has 1 saturated heterocycles. The molecule has 7 heteroatoms. The highest BCUT2D eigenvalue weighted by atomic mass is 16.6. The van der Waals surface area contributed by atoms with Crippen LogP contribution in [0.15, 0.2) is 6.07 Å². The molecule has 0 bridgehead atoms. The van der Waals surface area contributed by atoms with E-state index in [0.29, 0.717) is 18.2 Å². The minimum atomic E-state index is -0.600. The van der Waals surface area contributed by atoms with Gasteiger partial charge in [0.05, 0.1) is 17.0 Å². The van der Waals surface area contributed by atoms with E-state index in [2.05, 4.69) is 9.88 Å². The highest BCUT2D eigenvalue weighted by Crippen LogP contribution is 2.38. The molecule has 1 fully saturated rings. The molecule has 3 rings (SSSR count). The standard InChI is InChI=1S/C12H12N4O3/c13-6-9-10(16(17)18)5-11-12(14-9)15-4-2-1-3-8(15)7-19-11/h5,8H,1-4,7H2/t8-/m0/s1. The molecular weight excluding hydrogens is 248 g/mol. The van der Waals surface area contributed by atoms with Crippen LogP contribution in [0.2, 0.25) is 0 Å². The van der Waals surface area contributed by atoms with Gasteiger partial charge >= 0.3 is 5.69 Å². The van der Waals surface area contributed by atoms with E-state index in [1.165, 1.54) is 6.07 Å². The summed E-state index contributed by atoms with van der Waals surface area (Å²) in [6.07, 6.45) is 3.24. The maximum Gasteiger partial charge on any atom is 0.309 e. The van der Waals surface area contributed by atoms with Crippen LogP contribution in [-0.2, 0) is 0 Å². The van der Waals surface area contributed by atoms with Crippen LogP contribution in [0, 0.1) is 21.4 Å². The van der Waals surface area contributed by atoms with E-state index in [0.717, 1.165) is 25.8 Å². The summed E-state index contributed by atoms with van der Waals surface area (Å²) in [5, 5.41) is 19.9. The second kappa shape index (κ2) is 4.39. The Balaban J connectivity index is 2.09. The van der Waals surface area contributed by atoms with E-state index in [9.17, 15) is 10.1 Å². The highest BCUT2D eigenvalue weighted by molar-refractivity contribution is 5.62. The lowest BCUT2D eigenvalue weighted by molar-refractivity contribution is -0.385. The van der Waals surface area contributed by atoms with E-state index in [-0.39, 0.29) is 17.4 Å². The van der Waals surface area contributed by atoms with Gasteiger partial charge in [-0.2, -0.15) is 5.26 Å². The lowest BCUT2D eigenvalue weighted by Crippen LogP contribution is -2.46. The van der Waals surface area contributed by atoms with Gasteiger partial charge in [-0.25, -0.2) is 4.98 Å². The number of ether oxygens (including phenoxy) is 1. The number of anilines is 1. The Morgan fingerprint density at radius 1 is 1.58 bits per heavy atom. The molecule has 0 amide bonds. The summed E-state index contributed by atoms with van der Waals surface area (Å²) in [6.45, 7) is 1.38. The number of aromatic nitrogens is 1. The molecule has 0 aromatic carbocycles. The second-order valence-corrected chi connectivity index (χ2v) is 4.70. The third-order valence-electron chi connectivity index (χ3n) is 3.58. The predicted octanol–water partition coefficient (Wildman–Crippen LogP) is 1.61. The van der Waals surface area contributed by atoms with Crippen LogP contribution in [0.5, 0.6) is 5.75 Å². The second-order valence-electron chi connectivity index (χ2n) is 4.70. The number of nitro groups is 1. The van der Waals surface area contributed by atoms with Crippen molar-refractivity contribution in [2.45, 2.75) is 25.3 Å². The number of nitrogens with zero attached hydrogens (tertiary/aromatic N) is 4. The topological polar surface area (TPSA) is 92.3 Å². The molecule has 1 atom stereocenters. The molecular formula is C12H12N4O3. The maximum atomic E-state index is 10.9. The highest BCUT2D eigenvalue weighted by Gasteiger charge is 2.33. The first-order chi connectivity index (χ1) is 9.20. The molecule has 3 heterocycles. The molecule has 1 aromatic heterocycles. The Bertz CT molecular complexity index is 581. The minimum Gasteiger partial charge on any atom is -0.487 e. The van der Waals surface area contributed by atoms with Crippen LogP contribution >= 0.6 is 0 Å². The van der Waals surface area contributed by atoms with E-state index in [1.54, 1.807) is 6.07 Å². The van der Waals surface area contributed by atoms with E-state index < -0.39 is 4.92 Å². The zero-order valence-electron chi connectivity index (χ0n) is 10.2. The first-order valence-corrected chi connectivity index (χ1v) is 6.19. The van der Waals surface area contributed by atoms with Gasteiger partial charge in [0, 0.05) is 6.54 Å². The van der Waals surface area contributed by atoms with Gasteiger partial charge in [0.25, 0.3) is 0 Å². The third-order valence-corrected chi connectivity index (χ3v) is 3.58. The van der Waals surface area contributed by atoms with Crippen molar-refractivity contribution in [2.75, 3.05) is 18.1 Å². The van der Waals surface area contributed by atoms with Crippen LogP contribution in [0.4, 0.5) is 11.5 Å². The summed E-state index contributed by atoms with van der Waals surface area (Å²) >= 11 is 0. The smallest absolute Gasteiger partial charge is 0.309 e. The van der Waals surface area contributed by atoms with Gasteiger partial charge in [0.1, 0.15) is 12.7 Å². The van der Waals surface area contributed by atoms with Gasteiger partial charge in [0.15, 0.2) is 11.6 Å². The van der Waals surface area contributed by atoms with Crippen LogP contribution in [0.3, 0.4) is 0 Å². The van der Waals surface area contributed by atoms with E-state index >= 15 is 0 Å². The van der Waals surface area contributed by atoms with Crippen LogP contribution in [0.25, 0.3) is 0 Å². The van der Waals surface area contributed by atoms with Crippen molar-refractivity contribution in [2.24, 2.45) is 0 Å². The van der Waals surface area contributed by atoms with Crippen molar-refractivity contribution >= 4 is 11.5 Å². The Morgan fingerprint density at radius 2 is 2.42 bits per heavy atom. The molecule has 0 unspecified atom stereocenters. The van der Waals surface area contributed by atoms with Crippen LogP contribution < -0.4 is 9.64 Å². The monoisotopic (exact) mass is 260 g/mol. The van der Waals surface area contributed by atoms with Gasteiger partial charge in [0.2, 0.25) is 5.69 Å². The Hall–Kier alpha value is -2.36. The molecule has 98 valence electrons. The van der Waals surface area contributed by atoms with Crippen LogP contribution in [0.1, 0.15) is 25.0 Å². The number of hydrogen-bond acceptors (Lipinski definition) is 6. The molecule has 2 aliphatic heterocycles. The summed E-state index contributed by atoms with van der Waals surface area (Å²) in [4.78, 5) is 16.5. The number of nitriles is 1. The summed E-state index contributed by atoms with van der Waals surface area (Å²) in [7, 11) is 0. The van der Waals surface area contributed by atoms with Gasteiger partial charge in [-0.1, -0.05) is 0 Å². The fourth-order valence-electron chi connectivity index (χ4n) is 2.65. The van der Waals surface area contributed by atoms with Crippen molar-refractivity contribution in [1.29, 1.82) is 5.26 Å². The maximum absolute atomic E-state index is 10.9. The molecule has 0 N–H and O–H groups in total. The molecule has 0 radical (unpaired) electrons. The molecule has 19 heavy (non-hydrogen) atoms. The first-order valence-electron chi connectivity index (χ1n) is 6.19. The Kier molecular flexibility index (Phi) is 2.71. The zero-order chi connectivity index (χ0) is 13.4. The molecule has 2 aliphatic rings. The molecule has 1 aromatic rings. The molecule has 7 nitrogen and oxygen atoms in total. The number of pyridine rings is 1. The largest absolute Gasteiger partial charge is 0.487 e. The molecule has 0 spiro atoms. The van der Waals surface area contributed by atoms with Crippen molar-refractivity contribution in [3.63, 3.8) is 0 Å². The predicted molar refractivity (Wildman–Crippen MR) is 66.1 cm³/mol. The summed E-state index contributed by atoms with van der Waals surface area (Å²) in [6, 6.07) is 3.36. The van der Waals surface area contributed by atoms with Crippen molar-refractivity contribution in [3.05, 3.63) is 21.9 Å². The number of rotatable bonds is 1. The third kappa shape index (κ3) is 1.85. The normalized spacial score (nSPS) is 20.8. The minimum absolute atomic E-state index is 0.154. The van der Waals surface area contributed by atoms with Gasteiger partial charge < -0.3 is 9.64 Å². The van der Waals surface area contributed by atoms with Crippen molar-refractivity contribution < 1.29 is 9.66 Å². The summed E-state index contributed by atoms with van der Waals surface area (Å²) in [5.74, 6) is 0.974. The molecule has 0 saturated carbocycles. The summed E-state index contributed by atoms with van der Waals surface area (Å²) in [5.41, 5.74) is -0.449. The number of fused-ring (bicyclic) bond motifs is 3. The lowest BCUT2D eigenvalue weighted by atomic mass is 10.0. The number of piperidine rings is 1. The van der Waals surface area contributed by atoms with Gasteiger partial charge in [-0.3, -0.25) is 10.1 Å².